The molecule has 1 aromatic carbocycles. The Morgan fingerprint density at radius 2 is 2.08 bits per heavy atom. The van der Waals surface area contributed by atoms with Crippen molar-refractivity contribution in [2.75, 3.05) is 0 Å². The third kappa shape index (κ3) is 1.80. The molecule has 2 nitrogen and oxygen atoms in total. The molecular weight excluding hydrogens is 180 g/mol. The maximum absolute atomic E-state index is 4.46. The fourth-order valence-electron chi connectivity index (χ4n) is 1.23. The van der Waals surface area contributed by atoms with Gasteiger partial charge in [-0.3, -0.25) is 9.98 Å². The number of hydrogen-bond acceptors (Lipinski definition) is 3. The number of fused-ring (bicyclic) bond motifs is 1. The maximum Gasteiger partial charge on any atom is 0.136 e. The second-order valence-electron chi connectivity index (χ2n) is 3.17. The number of benzene rings is 1. The van der Waals surface area contributed by atoms with Crippen LogP contribution in [0.2, 0.25) is 0 Å². The summed E-state index contributed by atoms with van der Waals surface area (Å²) < 4.78 is 0. The number of hydrogen-bond donors (Lipinski definition) is 1. The standard InChI is InChI=1S/C10H10N2S/c1-10(13)7-11-6-8-4-2-3-5-9(8)12-10/h2-7,13H,1H3. The highest BCUT2D eigenvalue weighted by Crippen LogP contribution is 2.11. The average molecular weight is 190 g/mol. The highest BCUT2D eigenvalue weighted by molar-refractivity contribution is 7.82. The van der Waals surface area contributed by atoms with Gasteiger partial charge in [-0.25, -0.2) is 0 Å². The Hall–Kier alpha value is -1.09. The van der Waals surface area contributed by atoms with Crippen molar-refractivity contribution in [3.05, 3.63) is 34.8 Å². The van der Waals surface area contributed by atoms with Gasteiger partial charge in [-0.05, 0) is 13.0 Å². The minimum absolute atomic E-state index is 0.497. The van der Waals surface area contributed by atoms with Gasteiger partial charge in [0.2, 0.25) is 0 Å². The highest BCUT2D eigenvalue weighted by Gasteiger charge is 2.13. The van der Waals surface area contributed by atoms with Crippen molar-refractivity contribution >= 4 is 25.0 Å². The Balaban J connectivity index is 2.77. The lowest BCUT2D eigenvalue weighted by molar-refractivity contribution is 0.886. The maximum atomic E-state index is 4.46. The second kappa shape index (κ2) is 3.00. The molecule has 13 heavy (non-hydrogen) atoms. The van der Waals surface area contributed by atoms with Crippen LogP contribution in [-0.4, -0.2) is 11.1 Å². The molecule has 0 saturated heterocycles. The van der Waals surface area contributed by atoms with E-state index in [4.69, 9.17) is 0 Å². The smallest absolute Gasteiger partial charge is 0.136 e. The monoisotopic (exact) mass is 190 g/mol. The van der Waals surface area contributed by atoms with Gasteiger partial charge >= 0.3 is 0 Å². The zero-order chi connectivity index (χ0) is 9.31. The lowest BCUT2D eigenvalue weighted by atomic mass is 10.3. The molecular formula is C10H10N2S. The molecule has 1 aromatic rings. The van der Waals surface area contributed by atoms with E-state index < -0.39 is 4.87 Å². The van der Waals surface area contributed by atoms with Crippen molar-refractivity contribution in [1.29, 1.82) is 0 Å². The molecule has 0 spiro atoms. The predicted octanol–water partition coefficient (Wildman–Crippen LogP) is 0.775. The quantitative estimate of drug-likeness (QED) is 0.585. The first-order valence-corrected chi connectivity index (χ1v) is 4.54. The Labute approximate surface area is 82.1 Å². The van der Waals surface area contributed by atoms with Crippen LogP contribution in [0.4, 0.5) is 0 Å². The van der Waals surface area contributed by atoms with Gasteiger partial charge in [-0.1, -0.05) is 18.2 Å². The molecule has 1 atom stereocenters. The molecule has 3 heteroatoms. The molecule has 1 aliphatic heterocycles. The van der Waals surface area contributed by atoms with E-state index in [1.54, 1.807) is 12.4 Å². The minimum atomic E-state index is -0.497. The van der Waals surface area contributed by atoms with Crippen molar-refractivity contribution < 1.29 is 0 Å². The van der Waals surface area contributed by atoms with Crippen molar-refractivity contribution in [3.8, 4) is 0 Å². The molecule has 66 valence electrons. The van der Waals surface area contributed by atoms with Crippen LogP contribution in [0.3, 0.4) is 0 Å². The van der Waals surface area contributed by atoms with Crippen LogP contribution in [0.5, 0.6) is 0 Å². The number of nitrogens with zero attached hydrogens (tertiary/aromatic N) is 2. The first-order valence-electron chi connectivity index (χ1n) is 4.09. The summed E-state index contributed by atoms with van der Waals surface area (Å²) in [6.07, 6.45) is 3.54. The molecule has 0 amide bonds. The molecule has 0 aliphatic carbocycles. The van der Waals surface area contributed by atoms with Crippen molar-refractivity contribution in [1.82, 2.24) is 0 Å². The SMILES string of the molecule is CC1(S)C=NC=c2ccccc2=N1. The first-order chi connectivity index (χ1) is 6.17. The van der Waals surface area contributed by atoms with Crippen LogP contribution < -0.4 is 10.6 Å². The van der Waals surface area contributed by atoms with Gasteiger partial charge < -0.3 is 0 Å². The minimum Gasteiger partial charge on any atom is -0.265 e. The van der Waals surface area contributed by atoms with E-state index in [1.807, 2.05) is 31.2 Å². The number of rotatable bonds is 0. The van der Waals surface area contributed by atoms with E-state index in [0.29, 0.717) is 0 Å². The van der Waals surface area contributed by atoms with E-state index in [0.717, 1.165) is 10.6 Å². The van der Waals surface area contributed by atoms with Gasteiger partial charge in [0.1, 0.15) is 4.87 Å². The van der Waals surface area contributed by atoms with Crippen LogP contribution in [0.15, 0.2) is 34.3 Å². The molecule has 0 N–H and O–H groups in total. The highest BCUT2D eigenvalue weighted by atomic mass is 32.1. The van der Waals surface area contributed by atoms with Gasteiger partial charge in [0, 0.05) is 17.6 Å². The Bertz CT molecular complexity index is 460. The van der Waals surface area contributed by atoms with E-state index in [9.17, 15) is 0 Å². The Kier molecular flexibility index (Phi) is 1.96. The zero-order valence-corrected chi connectivity index (χ0v) is 8.20. The topological polar surface area (TPSA) is 24.7 Å². The van der Waals surface area contributed by atoms with E-state index in [-0.39, 0.29) is 0 Å². The van der Waals surface area contributed by atoms with Gasteiger partial charge in [0.05, 0.1) is 5.36 Å². The molecule has 0 saturated carbocycles. The first kappa shape index (κ1) is 8.51. The summed E-state index contributed by atoms with van der Waals surface area (Å²) in [7, 11) is 0. The van der Waals surface area contributed by atoms with Crippen LogP contribution >= 0.6 is 12.6 Å². The molecule has 0 radical (unpaired) electrons. The summed E-state index contributed by atoms with van der Waals surface area (Å²) in [5.41, 5.74) is 0. The number of para-hydroxylation sites is 1. The lowest BCUT2D eigenvalue weighted by Gasteiger charge is -2.09. The summed E-state index contributed by atoms with van der Waals surface area (Å²) in [5, 5.41) is 1.98. The molecule has 1 heterocycles. The van der Waals surface area contributed by atoms with Crippen LogP contribution in [0.1, 0.15) is 6.92 Å². The van der Waals surface area contributed by atoms with Crippen molar-refractivity contribution in [2.24, 2.45) is 9.98 Å². The number of thiol groups is 1. The molecule has 0 aromatic heterocycles. The summed E-state index contributed by atoms with van der Waals surface area (Å²) >= 11 is 4.38. The molecule has 0 fully saturated rings. The van der Waals surface area contributed by atoms with Gasteiger partial charge in [-0.15, -0.1) is 12.6 Å². The molecule has 1 unspecified atom stereocenters. The van der Waals surface area contributed by atoms with Gasteiger partial charge in [0.15, 0.2) is 0 Å². The predicted molar refractivity (Wildman–Crippen MR) is 57.6 cm³/mol. The second-order valence-corrected chi connectivity index (χ2v) is 4.08. The summed E-state index contributed by atoms with van der Waals surface area (Å²) in [6.45, 7) is 1.91. The fourth-order valence-corrected chi connectivity index (χ4v) is 1.40. The van der Waals surface area contributed by atoms with E-state index in [1.165, 1.54) is 0 Å². The molecule has 0 bridgehead atoms. The average Bonchev–Trinajstić information content (AvgIpc) is 2.21. The van der Waals surface area contributed by atoms with Crippen molar-refractivity contribution in [2.45, 2.75) is 11.8 Å². The third-order valence-electron chi connectivity index (χ3n) is 1.82. The summed E-state index contributed by atoms with van der Waals surface area (Å²) in [6, 6.07) is 7.90. The normalized spacial score (nSPS) is 25.4. The largest absolute Gasteiger partial charge is 0.265 e. The van der Waals surface area contributed by atoms with Gasteiger partial charge in [-0.2, -0.15) is 0 Å². The summed E-state index contributed by atoms with van der Waals surface area (Å²) in [5.74, 6) is 0. The lowest BCUT2D eigenvalue weighted by Crippen LogP contribution is -2.27. The Morgan fingerprint density at radius 3 is 2.92 bits per heavy atom. The summed E-state index contributed by atoms with van der Waals surface area (Å²) in [4.78, 5) is 8.10. The molecule has 2 rings (SSSR count). The fraction of sp³-hybridized carbons (Fsp3) is 0.200. The molecule has 1 aliphatic rings. The zero-order valence-electron chi connectivity index (χ0n) is 7.31. The van der Waals surface area contributed by atoms with Crippen LogP contribution in [0.25, 0.3) is 6.20 Å². The van der Waals surface area contributed by atoms with Crippen LogP contribution in [0, 0.1) is 0 Å². The van der Waals surface area contributed by atoms with Crippen molar-refractivity contribution in [3.63, 3.8) is 0 Å². The van der Waals surface area contributed by atoms with Crippen LogP contribution in [-0.2, 0) is 0 Å². The number of aliphatic imine (C=N–C) groups is 1. The Morgan fingerprint density at radius 1 is 1.31 bits per heavy atom. The van der Waals surface area contributed by atoms with Gasteiger partial charge in [0.25, 0.3) is 0 Å². The van der Waals surface area contributed by atoms with E-state index >= 15 is 0 Å². The third-order valence-corrected chi connectivity index (χ3v) is 2.03. The van der Waals surface area contributed by atoms with E-state index in [2.05, 4.69) is 22.6 Å².